The second kappa shape index (κ2) is 10.1. The van der Waals surface area contributed by atoms with Gasteiger partial charge in [-0.15, -0.1) is 0 Å². The predicted octanol–water partition coefficient (Wildman–Crippen LogP) is 3.20. The molecule has 1 amide bonds. The van der Waals surface area contributed by atoms with Gasteiger partial charge in [0, 0.05) is 13.1 Å². The summed E-state index contributed by atoms with van der Waals surface area (Å²) in [7, 11) is 0. The number of rotatable bonds is 10. The molecular formula is C21H24F2N2O4. The Morgan fingerprint density at radius 2 is 1.86 bits per heavy atom. The fourth-order valence-electron chi connectivity index (χ4n) is 3.02. The van der Waals surface area contributed by atoms with Gasteiger partial charge in [-0.1, -0.05) is 25.1 Å². The van der Waals surface area contributed by atoms with E-state index in [0.29, 0.717) is 19.5 Å². The van der Waals surface area contributed by atoms with Crippen LogP contribution in [0.1, 0.15) is 18.1 Å². The number of amides is 1. The molecular weight excluding hydrogens is 382 g/mol. The van der Waals surface area contributed by atoms with E-state index in [1.54, 1.807) is 12.1 Å². The van der Waals surface area contributed by atoms with Crippen LogP contribution in [0.5, 0.6) is 17.2 Å². The van der Waals surface area contributed by atoms with Gasteiger partial charge in [0.05, 0.1) is 6.54 Å². The first kappa shape index (κ1) is 20.9. The number of fused-ring (bicyclic) bond motifs is 1. The Hall–Kier alpha value is -2.87. The third kappa shape index (κ3) is 6.32. The summed E-state index contributed by atoms with van der Waals surface area (Å²) in [6.07, 6.45) is 0.606. The maximum absolute atomic E-state index is 12.3. The number of likely N-dealkylation sites (N-methyl/N-ethyl adjacent to an activating group) is 1. The second-order valence-corrected chi connectivity index (χ2v) is 6.61. The maximum atomic E-state index is 12.3. The molecule has 29 heavy (non-hydrogen) atoms. The molecule has 3 rings (SSSR count). The third-order valence-corrected chi connectivity index (χ3v) is 4.54. The van der Waals surface area contributed by atoms with Crippen LogP contribution in [-0.4, -0.2) is 43.8 Å². The molecule has 0 fully saturated rings. The van der Waals surface area contributed by atoms with Crippen molar-refractivity contribution in [2.45, 2.75) is 26.5 Å². The van der Waals surface area contributed by atoms with Gasteiger partial charge in [-0.3, -0.25) is 9.69 Å². The summed E-state index contributed by atoms with van der Waals surface area (Å²) in [5.74, 6) is 1.52. The van der Waals surface area contributed by atoms with Crippen LogP contribution in [0, 0.1) is 0 Å². The van der Waals surface area contributed by atoms with Crippen molar-refractivity contribution in [3.05, 3.63) is 53.6 Å². The molecule has 0 unspecified atom stereocenters. The predicted molar refractivity (Wildman–Crippen MR) is 103 cm³/mol. The molecule has 2 aromatic carbocycles. The van der Waals surface area contributed by atoms with Gasteiger partial charge in [-0.2, -0.15) is 8.78 Å². The molecule has 8 heteroatoms. The fraction of sp³-hybridized carbons (Fsp3) is 0.381. The van der Waals surface area contributed by atoms with Gasteiger partial charge in [-0.05, 0) is 48.4 Å². The number of carbonyl (C=O) groups is 1. The largest absolute Gasteiger partial charge is 0.454 e. The van der Waals surface area contributed by atoms with E-state index in [9.17, 15) is 13.6 Å². The highest BCUT2D eigenvalue weighted by molar-refractivity contribution is 5.78. The van der Waals surface area contributed by atoms with E-state index >= 15 is 0 Å². The number of carbonyl (C=O) groups excluding carboxylic acids is 1. The lowest BCUT2D eigenvalue weighted by atomic mass is 10.1. The zero-order valence-corrected chi connectivity index (χ0v) is 16.2. The summed E-state index contributed by atoms with van der Waals surface area (Å²) in [6, 6.07) is 12.2. The SMILES string of the molecule is CCN(CC(=O)NCCc1ccc(OC(F)F)cc1)Cc1ccc2c(c1)OCO2. The average molecular weight is 406 g/mol. The Bertz CT molecular complexity index is 815. The van der Waals surface area contributed by atoms with Crippen molar-refractivity contribution < 1.29 is 27.8 Å². The molecule has 0 radical (unpaired) electrons. The van der Waals surface area contributed by atoms with Crippen molar-refractivity contribution >= 4 is 5.91 Å². The van der Waals surface area contributed by atoms with E-state index in [4.69, 9.17) is 9.47 Å². The summed E-state index contributed by atoms with van der Waals surface area (Å²) >= 11 is 0. The molecule has 1 heterocycles. The first-order valence-electron chi connectivity index (χ1n) is 9.45. The molecule has 0 atom stereocenters. The maximum Gasteiger partial charge on any atom is 0.387 e. The minimum absolute atomic E-state index is 0.0646. The van der Waals surface area contributed by atoms with Crippen LogP contribution in [0.4, 0.5) is 8.78 Å². The number of nitrogens with zero attached hydrogens (tertiary/aromatic N) is 1. The van der Waals surface area contributed by atoms with Crippen molar-refractivity contribution in [3.8, 4) is 17.2 Å². The van der Waals surface area contributed by atoms with Gasteiger partial charge in [0.2, 0.25) is 12.7 Å². The van der Waals surface area contributed by atoms with Crippen molar-refractivity contribution in [1.82, 2.24) is 10.2 Å². The molecule has 0 saturated heterocycles. The van der Waals surface area contributed by atoms with Gasteiger partial charge in [0.15, 0.2) is 11.5 Å². The van der Waals surface area contributed by atoms with Crippen LogP contribution in [0.3, 0.4) is 0 Å². The quantitative estimate of drug-likeness (QED) is 0.657. The molecule has 2 aromatic rings. The number of benzene rings is 2. The molecule has 1 aliphatic heterocycles. The van der Waals surface area contributed by atoms with E-state index in [1.807, 2.05) is 30.0 Å². The number of hydrogen-bond acceptors (Lipinski definition) is 5. The smallest absolute Gasteiger partial charge is 0.387 e. The summed E-state index contributed by atoms with van der Waals surface area (Å²) in [6.45, 7) is 1.52. The third-order valence-electron chi connectivity index (χ3n) is 4.54. The van der Waals surface area contributed by atoms with Gasteiger partial charge in [-0.25, -0.2) is 0 Å². The van der Waals surface area contributed by atoms with Crippen LogP contribution in [0.15, 0.2) is 42.5 Å². The highest BCUT2D eigenvalue weighted by atomic mass is 19.3. The summed E-state index contributed by atoms with van der Waals surface area (Å²) < 4.78 is 39.3. The van der Waals surface area contributed by atoms with E-state index in [2.05, 4.69) is 10.1 Å². The molecule has 0 aromatic heterocycles. The van der Waals surface area contributed by atoms with Crippen molar-refractivity contribution in [2.24, 2.45) is 0 Å². The van der Waals surface area contributed by atoms with Crippen LogP contribution in [0.25, 0.3) is 0 Å². The zero-order valence-electron chi connectivity index (χ0n) is 16.2. The summed E-state index contributed by atoms with van der Waals surface area (Å²) in [4.78, 5) is 14.3. The monoisotopic (exact) mass is 406 g/mol. The summed E-state index contributed by atoms with van der Waals surface area (Å²) in [5, 5.41) is 2.89. The molecule has 0 aliphatic carbocycles. The number of halogens is 2. The molecule has 0 saturated carbocycles. The fourth-order valence-corrected chi connectivity index (χ4v) is 3.02. The highest BCUT2D eigenvalue weighted by Gasteiger charge is 2.15. The lowest BCUT2D eigenvalue weighted by Gasteiger charge is -2.20. The Balaban J connectivity index is 1.41. The number of alkyl halides is 2. The van der Waals surface area contributed by atoms with Gasteiger partial charge < -0.3 is 19.5 Å². The Morgan fingerprint density at radius 1 is 1.14 bits per heavy atom. The molecule has 6 nitrogen and oxygen atoms in total. The van der Waals surface area contributed by atoms with E-state index in [0.717, 1.165) is 29.2 Å². The van der Waals surface area contributed by atoms with Crippen molar-refractivity contribution in [3.63, 3.8) is 0 Å². The van der Waals surface area contributed by atoms with E-state index < -0.39 is 6.61 Å². The first-order valence-corrected chi connectivity index (χ1v) is 9.45. The molecule has 0 bridgehead atoms. The van der Waals surface area contributed by atoms with Gasteiger partial charge in [0.1, 0.15) is 5.75 Å². The number of nitrogens with one attached hydrogen (secondary N) is 1. The van der Waals surface area contributed by atoms with E-state index in [1.165, 1.54) is 12.1 Å². The van der Waals surface area contributed by atoms with Gasteiger partial charge >= 0.3 is 6.61 Å². The van der Waals surface area contributed by atoms with Gasteiger partial charge in [0.25, 0.3) is 0 Å². The molecule has 0 spiro atoms. The molecule has 156 valence electrons. The summed E-state index contributed by atoms with van der Waals surface area (Å²) in [5.41, 5.74) is 1.98. The topological polar surface area (TPSA) is 60.0 Å². The van der Waals surface area contributed by atoms with Crippen LogP contribution in [0.2, 0.25) is 0 Å². The zero-order chi connectivity index (χ0) is 20.6. The highest BCUT2D eigenvalue weighted by Crippen LogP contribution is 2.32. The molecule has 1 aliphatic rings. The standard InChI is InChI=1S/C21H24F2N2O4/c1-2-25(12-16-5-8-18-19(11-16)28-14-27-18)13-20(26)24-10-9-15-3-6-17(7-4-15)29-21(22)23/h3-8,11,21H,2,9-10,12-14H2,1H3,(H,24,26). The first-order chi connectivity index (χ1) is 14.0. The Morgan fingerprint density at radius 3 is 2.59 bits per heavy atom. The van der Waals surface area contributed by atoms with Crippen LogP contribution < -0.4 is 19.5 Å². The normalized spacial score (nSPS) is 12.4. The minimum Gasteiger partial charge on any atom is -0.454 e. The second-order valence-electron chi connectivity index (χ2n) is 6.61. The lowest BCUT2D eigenvalue weighted by molar-refractivity contribution is -0.122. The van der Waals surface area contributed by atoms with Crippen molar-refractivity contribution in [1.29, 1.82) is 0 Å². The Kier molecular flexibility index (Phi) is 7.24. The Labute approximate surface area is 168 Å². The lowest BCUT2D eigenvalue weighted by Crippen LogP contribution is -2.37. The van der Waals surface area contributed by atoms with E-state index in [-0.39, 0.29) is 25.0 Å². The number of hydrogen-bond donors (Lipinski definition) is 1. The minimum atomic E-state index is -2.83. The average Bonchev–Trinajstić information content (AvgIpc) is 3.16. The van der Waals surface area contributed by atoms with Crippen LogP contribution >= 0.6 is 0 Å². The molecule has 1 N–H and O–H groups in total. The van der Waals surface area contributed by atoms with Crippen molar-refractivity contribution in [2.75, 3.05) is 26.4 Å². The van der Waals surface area contributed by atoms with Crippen LogP contribution in [-0.2, 0) is 17.8 Å². The number of ether oxygens (including phenoxy) is 3.